The number of aromatic nitrogens is 2. The van der Waals surface area contributed by atoms with E-state index in [0.717, 1.165) is 18.0 Å². The van der Waals surface area contributed by atoms with Crippen molar-refractivity contribution in [2.75, 3.05) is 52.8 Å². The first-order chi connectivity index (χ1) is 25.8. The van der Waals surface area contributed by atoms with Crippen LogP contribution >= 0.6 is 0 Å². The van der Waals surface area contributed by atoms with Gasteiger partial charge in [-0.2, -0.15) is 30.7 Å². The Hall–Kier alpha value is -4.88. The lowest BCUT2D eigenvalue weighted by Crippen LogP contribution is -2.62. The Morgan fingerprint density at radius 2 is 1.67 bits per heavy atom. The SMILES string of the molecule is COCCN(C)CCOc1ccc(CN2C(=O)C(C(=O)Nc3ccc(C(F)(F)F)cc3-c3ncnc(C(F)(F)F)c3C)=C(O)C3(CCCC3)N2C)c(F)c1F. The third kappa shape index (κ3) is 8.37. The Morgan fingerprint density at radius 3 is 2.31 bits per heavy atom. The van der Waals surface area contributed by atoms with Crippen molar-refractivity contribution in [2.45, 2.75) is 57.0 Å². The van der Waals surface area contributed by atoms with Gasteiger partial charge in [-0.1, -0.05) is 18.9 Å². The number of carbonyl (C=O) groups excluding carboxylic acids is 2. The van der Waals surface area contributed by atoms with E-state index in [0.29, 0.717) is 51.0 Å². The molecule has 1 aliphatic heterocycles. The fourth-order valence-corrected chi connectivity index (χ4v) is 6.74. The minimum absolute atomic E-state index is 0.0231. The number of nitrogens with zero attached hydrogens (tertiary/aromatic N) is 5. The molecular weight excluding hydrogens is 748 g/mol. The fourth-order valence-electron chi connectivity index (χ4n) is 6.74. The van der Waals surface area contributed by atoms with Crippen molar-refractivity contribution in [3.05, 3.63) is 82.0 Å². The predicted octanol–water partition coefficient (Wildman–Crippen LogP) is 6.68. The average Bonchev–Trinajstić information content (AvgIpc) is 3.62. The number of benzene rings is 2. The molecule has 11 nitrogen and oxygen atoms in total. The van der Waals surface area contributed by atoms with E-state index in [2.05, 4.69) is 15.3 Å². The van der Waals surface area contributed by atoms with E-state index >= 15 is 8.78 Å². The highest BCUT2D eigenvalue weighted by Gasteiger charge is 2.53. The monoisotopic (exact) mass is 786 g/mol. The number of aliphatic hydroxyl groups is 1. The van der Waals surface area contributed by atoms with Crippen LogP contribution in [0.2, 0.25) is 0 Å². The number of hydrogen-bond acceptors (Lipinski definition) is 9. The van der Waals surface area contributed by atoms with Gasteiger partial charge >= 0.3 is 12.4 Å². The minimum Gasteiger partial charge on any atom is -0.509 e. The molecule has 2 amide bonds. The molecule has 0 saturated heterocycles. The third-order valence-corrected chi connectivity index (χ3v) is 9.82. The summed E-state index contributed by atoms with van der Waals surface area (Å²) in [4.78, 5) is 36.9. The summed E-state index contributed by atoms with van der Waals surface area (Å²) in [6.45, 7) is 1.77. The van der Waals surface area contributed by atoms with Gasteiger partial charge in [-0.15, -0.1) is 0 Å². The second-order valence-corrected chi connectivity index (χ2v) is 13.2. The van der Waals surface area contributed by atoms with Crippen LogP contribution in [0.4, 0.5) is 40.8 Å². The van der Waals surface area contributed by atoms with Crippen molar-refractivity contribution in [1.29, 1.82) is 0 Å². The number of rotatable bonds is 12. The Bertz CT molecular complexity index is 1970. The van der Waals surface area contributed by atoms with E-state index in [1.807, 2.05) is 4.90 Å². The largest absolute Gasteiger partial charge is 0.509 e. The highest BCUT2D eigenvalue weighted by molar-refractivity contribution is 6.24. The van der Waals surface area contributed by atoms with Gasteiger partial charge in [0.05, 0.1) is 35.6 Å². The number of alkyl halides is 6. The number of aliphatic hydroxyl groups excluding tert-OH is 1. The number of likely N-dealkylation sites (N-methyl/N-ethyl adjacent to an activating group) is 2. The summed E-state index contributed by atoms with van der Waals surface area (Å²) >= 11 is 0. The molecule has 2 aliphatic rings. The Morgan fingerprint density at radius 1 is 1.00 bits per heavy atom. The van der Waals surface area contributed by atoms with Gasteiger partial charge in [-0.25, -0.2) is 19.4 Å². The summed E-state index contributed by atoms with van der Waals surface area (Å²) in [5.41, 5.74) is -7.50. The average molecular weight is 787 g/mol. The van der Waals surface area contributed by atoms with E-state index < -0.39 is 93.0 Å². The zero-order valence-corrected chi connectivity index (χ0v) is 30.2. The van der Waals surface area contributed by atoms with Crippen molar-refractivity contribution in [3.63, 3.8) is 0 Å². The fraction of sp³-hybridized carbons (Fsp3) is 0.444. The quantitative estimate of drug-likeness (QED) is 0.153. The summed E-state index contributed by atoms with van der Waals surface area (Å²) in [5, 5.41) is 16.2. The molecule has 1 saturated carbocycles. The van der Waals surface area contributed by atoms with Gasteiger partial charge in [0, 0.05) is 43.9 Å². The van der Waals surface area contributed by atoms with Crippen LogP contribution in [0.25, 0.3) is 11.3 Å². The second kappa shape index (κ2) is 16.1. The molecule has 1 aromatic heterocycles. The first kappa shape index (κ1) is 41.3. The van der Waals surface area contributed by atoms with Crippen LogP contribution in [-0.4, -0.2) is 94.9 Å². The Labute approximate surface area is 310 Å². The maximum absolute atomic E-state index is 15.5. The smallest absolute Gasteiger partial charge is 0.433 e. The predicted molar refractivity (Wildman–Crippen MR) is 181 cm³/mol. The molecule has 2 N–H and O–H groups in total. The molecule has 0 bridgehead atoms. The topological polar surface area (TPSA) is 120 Å². The first-order valence-corrected chi connectivity index (χ1v) is 17.0. The highest BCUT2D eigenvalue weighted by Crippen LogP contribution is 2.46. The van der Waals surface area contributed by atoms with Gasteiger partial charge in [0.1, 0.15) is 24.3 Å². The van der Waals surface area contributed by atoms with E-state index in [4.69, 9.17) is 9.47 Å². The lowest BCUT2D eigenvalue weighted by Gasteiger charge is -2.48. The Kier molecular flexibility index (Phi) is 12.1. The number of halogens is 8. The van der Waals surface area contributed by atoms with Crippen molar-refractivity contribution in [2.24, 2.45) is 0 Å². The van der Waals surface area contributed by atoms with Gasteiger partial charge in [-0.3, -0.25) is 14.6 Å². The summed E-state index contributed by atoms with van der Waals surface area (Å²) in [6, 6.07) is 4.24. The molecule has 2 aromatic carbocycles. The van der Waals surface area contributed by atoms with Gasteiger partial charge in [0.2, 0.25) is 5.82 Å². The van der Waals surface area contributed by atoms with Crippen LogP contribution in [0.1, 0.15) is 48.1 Å². The number of methoxy groups -OCH3 is 1. The first-order valence-electron chi connectivity index (χ1n) is 17.0. The summed E-state index contributed by atoms with van der Waals surface area (Å²) < 4.78 is 124. The minimum atomic E-state index is -5.00. The van der Waals surface area contributed by atoms with Crippen molar-refractivity contribution >= 4 is 17.5 Å². The zero-order valence-electron chi connectivity index (χ0n) is 30.2. The molecule has 0 atom stereocenters. The number of nitrogens with one attached hydrogen (secondary N) is 1. The number of anilines is 1. The molecule has 0 unspecified atom stereocenters. The molecule has 55 heavy (non-hydrogen) atoms. The van der Waals surface area contributed by atoms with Crippen molar-refractivity contribution < 1.29 is 59.3 Å². The highest BCUT2D eigenvalue weighted by atomic mass is 19.4. The molecule has 1 spiro atoms. The van der Waals surface area contributed by atoms with E-state index in [1.54, 1.807) is 14.2 Å². The number of amides is 2. The third-order valence-electron chi connectivity index (χ3n) is 9.82. The van der Waals surface area contributed by atoms with Gasteiger partial charge in [0.25, 0.3) is 11.8 Å². The molecule has 19 heteroatoms. The second-order valence-electron chi connectivity index (χ2n) is 13.2. The zero-order chi connectivity index (χ0) is 40.5. The molecule has 3 aromatic rings. The lowest BCUT2D eigenvalue weighted by molar-refractivity contribution is -0.163. The normalized spacial score (nSPS) is 16.5. The number of carbonyl (C=O) groups is 2. The summed E-state index contributed by atoms with van der Waals surface area (Å²) in [7, 11) is 4.77. The maximum Gasteiger partial charge on any atom is 0.433 e. The van der Waals surface area contributed by atoms with Gasteiger partial charge < -0.3 is 24.8 Å². The molecule has 298 valence electrons. The van der Waals surface area contributed by atoms with Crippen LogP contribution in [-0.2, 0) is 33.2 Å². The van der Waals surface area contributed by atoms with E-state index in [-0.39, 0.29) is 30.8 Å². The summed E-state index contributed by atoms with van der Waals surface area (Å²) in [5.74, 6) is -6.17. The van der Waals surface area contributed by atoms with Crippen LogP contribution < -0.4 is 10.1 Å². The van der Waals surface area contributed by atoms with Crippen LogP contribution in [0.5, 0.6) is 5.75 Å². The number of ether oxygens (including phenoxy) is 2. The maximum atomic E-state index is 15.5. The lowest BCUT2D eigenvalue weighted by atomic mass is 9.88. The van der Waals surface area contributed by atoms with E-state index in [9.17, 15) is 41.0 Å². The molecule has 5 rings (SSSR count). The van der Waals surface area contributed by atoms with Crippen LogP contribution in [0.3, 0.4) is 0 Å². The van der Waals surface area contributed by atoms with Crippen molar-refractivity contribution in [3.8, 4) is 17.0 Å². The number of hydrogen-bond donors (Lipinski definition) is 2. The van der Waals surface area contributed by atoms with E-state index in [1.165, 1.54) is 24.2 Å². The standard InChI is InChI=1S/C36H38F8N6O5/c1-20-29(45-19-46-30(20)36(42,43)44)23-17-22(35(39,40)41)8-9-24(23)47-32(52)26-31(51)34(11-5-6-12-34)49(3)50(33(26)53)18-21-7-10-25(28(38)27(21)37)55-16-14-48(2)13-15-54-4/h7-10,17,19,51H,5-6,11-16,18H2,1-4H3,(H,47,52). The van der Waals surface area contributed by atoms with Crippen LogP contribution in [0.15, 0.2) is 48.0 Å². The summed E-state index contributed by atoms with van der Waals surface area (Å²) in [6.07, 6.45) is -7.91. The molecule has 0 radical (unpaired) electrons. The molecule has 1 fully saturated rings. The van der Waals surface area contributed by atoms with Crippen LogP contribution in [0, 0.1) is 18.6 Å². The van der Waals surface area contributed by atoms with Crippen molar-refractivity contribution in [1.82, 2.24) is 24.9 Å². The number of hydrazine groups is 1. The molecule has 2 heterocycles. The molecule has 1 aliphatic carbocycles. The Balaban J connectivity index is 1.49. The van der Waals surface area contributed by atoms with Gasteiger partial charge in [-0.05, 0) is 51.1 Å². The van der Waals surface area contributed by atoms with Gasteiger partial charge in [0.15, 0.2) is 17.3 Å². The molecular formula is C36H38F8N6O5.